The Labute approximate surface area is 88.1 Å². The van der Waals surface area contributed by atoms with Crippen LogP contribution in [0.15, 0.2) is 0 Å². The second kappa shape index (κ2) is 5.72. The Kier molecular flexibility index (Phi) is 4.90. The van der Waals surface area contributed by atoms with Crippen molar-refractivity contribution in [2.75, 3.05) is 6.61 Å². The summed E-state index contributed by atoms with van der Waals surface area (Å²) in [6, 6.07) is 0.943. The molecule has 1 fully saturated rings. The molecular weight excluding hydrogens is 174 g/mol. The van der Waals surface area contributed by atoms with E-state index >= 15 is 0 Å². The van der Waals surface area contributed by atoms with Crippen molar-refractivity contribution >= 4 is 0 Å². The number of aliphatic hydroxyl groups is 1. The van der Waals surface area contributed by atoms with E-state index in [-0.39, 0.29) is 6.61 Å². The first kappa shape index (κ1) is 12.0. The Morgan fingerprint density at radius 2 is 2.00 bits per heavy atom. The SMILES string of the molecule is CC[C@H](CO)N[C@@H]1CC[C@H](C)[C@@H](C)C1. The average Bonchev–Trinajstić information content (AvgIpc) is 2.19. The minimum absolute atomic E-state index is 0.275. The van der Waals surface area contributed by atoms with Gasteiger partial charge >= 0.3 is 0 Å². The zero-order chi connectivity index (χ0) is 10.6. The van der Waals surface area contributed by atoms with E-state index in [4.69, 9.17) is 5.11 Å². The van der Waals surface area contributed by atoms with Gasteiger partial charge in [-0.05, 0) is 37.5 Å². The van der Waals surface area contributed by atoms with Crippen LogP contribution in [0.5, 0.6) is 0 Å². The maximum Gasteiger partial charge on any atom is 0.0584 e. The van der Waals surface area contributed by atoms with E-state index in [1.807, 2.05) is 0 Å². The summed E-state index contributed by atoms with van der Waals surface area (Å²) in [5.41, 5.74) is 0. The molecule has 4 atom stereocenters. The highest BCUT2D eigenvalue weighted by molar-refractivity contribution is 4.82. The molecule has 2 nitrogen and oxygen atoms in total. The molecule has 1 saturated carbocycles. The van der Waals surface area contributed by atoms with Crippen LogP contribution in [0.1, 0.15) is 46.5 Å². The standard InChI is InChI=1S/C12H25NO/c1-4-11(8-14)13-12-6-5-9(2)10(3)7-12/h9-14H,4-8H2,1-3H3/t9-,10-,11+,12+/m0/s1. The lowest BCUT2D eigenvalue weighted by Crippen LogP contribution is -2.43. The van der Waals surface area contributed by atoms with Crippen LogP contribution in [0, 0.1) is 11.8 Å². The summed E-state index contributed by atoms with van der Waals surface area (Å²) in [6.07, 6.45) is 4.91. The van der Waals surface area contributed by atoms with E-state index < -0.39 is 0 Å². The maximum atomic E-state index is 9.11. The monoisotopic (exact) mass is 199 g/mol. The molecular formula is C12H25NO. The van der Waals surface area contributed by atoms with Gasteiger partial charge in [-0.3, -0.25) is 0 Å². The number of rotatable bonds is 4. The van der Waals surface area contributed by atoms with Gasteiger partial charge in [-0.1, -0.05) is 20.8 Å². The first-order valence-electron chi connectivity index (χ1n) is 6.04. The van der Waals surface area contributed by atoms with Crippen molar-refractivity contribution in [3.05, 3.63) is 0 Å². The van der Waals surface area contributed by atoms with Crippen LogP contribution in [0.4, 0.5) is 0 Å². The number of hydrogen-bond acceptors (Lipinski definition) is 2. The molecule has 2 heteroatoms. The Bertz CT molecular complexity index is 156. The van der Waals surface area contributed by atoms with E-state index in [1.165, 1.54) is 19.3 Å². The molecule has 0 bridgehead atoms. The summed E-state index contributed by atoms with van der Waals surface area (Å²) in [6.45, 7) is 7.10. The van der Waals surface area contributed by atoms with Crippen LogP contribution < -0.4 is 5.32 Å². The summed E-state index contributed by atoms with van der Waals surface area (Å²) >= 11 is 0. The van der Waals surface area contributed by atoms with Crippen LogP contribution in [0.2, 0.25) is 0 Å². The molecule has 0 spiro atoms. The summed E-state index contributed by atoms with van der Waals surface area (Å²) in [7, 11) is 0. The Morgan fingerprint density at radius 3 is 2.50 bits per heavy atom. The van der Waals surface area contributed by atoms with Crippen molar-refractivity contribution in [1.82, 2.24) is 5.32 Å². The largest absolute Gasteiger partial charge is 0.395 e. The van der Waals surface area contributed by atoms with Crippen LogP contribution >= 0.6 is 0 Å². The molecule has 0 aromatic heterocycles. The molecule has 14 heavy (non-hydrogen) atoms. The van der Waals surface area contributed by atoms with Gasteiger partial charge in [-0.25, -0.2) is 0 Å². The fourth-order valence-electron chi connectivity index (χ4n) is 2.33. The minimum atomic E-state index is 0.275. The highest BCUT2D eigenvalue weighted by Crippen LogP contribution is 2.29. The molecule has 0 unspecified atom stereocenters. The van der Waals surface area contributed by atoms with Gasteiger partial charge in [0.25, 0.3) is 0 Å². The molecule has 1 aliphatic rings. The second-order valence-corrected chi connectivity index (χ2v) is 4.92. The minimum Gasteiger partial charge on any atom is -0.395 e. The van der Waals surface area contributed by atoms with E-state index in [0.29, 0.717) is 12.1 Å². The van der Waals surface area contributed by atoms with E-state index in [0.717, 1.165) is 18.3 Å². The van der Waals surface area contributed by atoms with Crippen molar-refractivity contribution in [3.63, 3.8) is 0 Å². The molecule has 1 aliphatic carbocycles. The predicted octanol–water partition coefficient (Wildman–Crippen LogP) is 2.17. The lowest BCUT2D eigenvalue weighted by molar-refractivity contribution is 0.180. The van der Waals surface area contributed by atoms with Crippen LogP contribution in [0.25, 0.3) is 0 Å². The molecule has 84 valence electrons. The molecule has 0 amide bonds. The van der Waals surface area contributed by atoms with Crippen molar-refractivity contribution in [1.29, 1.82) is 0 Å². The average molecular weight is 199 g/mol. The van der Waals surface area contributed by atoms with Gasteiger partial charge in [-0.2, -0.15) is 0 Å². The van der Waals surface area contributed by atoms with Gasteiger partial charge in [0.1, 0.15) is 0 Å². The normalized spacial score (nSPS) is 35.6. The molecule has 0 aromatic rings. The topological polar surface area (TPSA) is 32.3 Å². The zero-order valence-electron chi connectivity index (χ0n) is 9.79. The van der Waals surface area contributed by atoms with E-state index in [1.54, 1.807) is 0 Å². The number of nitrogens with one attached hydrogen (secondary N) is 1. The Hall–Kier alpha value is -0.0800. The van der Waals surface area contributed by atoms with Crippen LogP contribution in [-0.4, -0.2) is 23.8 Å². The lowest BCUT2D eigenvalue weighted by atomic mass is 9.79. The molecule has 1 rings (SSSR count). The van der Waals surface area contributed by atoms with Gasteiger partial charge in [-0.15, -0.1) is 0 Å². The summed E-state index contributed by atoms with van der Waals surface area (Å²) in [5, 5.41) is 12.7. The fourth-order valence-corrected chi connectivity index (χ4v) is 2.33. The van der Waals surface area contributed by atoms with Gasteiger partial charge in [0, 0.05) is 12.1 Å². The highest BCUT2D eigenvalue weighted by atomic mass is 16.3. The van der Waals surface area contributed by atoms with E-state index in [2.05, 4.69) is 26.1 Å². The first-order valence-corrected chi connectivity index (χ1v) is 6.04. The summed E-state index contributed by atoms with van der Waals surface area (Å²) in [5.74, 6) is 1.71. The Morgan fingerprint density at radius 1 is 1.29 bits per heavy atom. The third-order valence-electron chi connectivity index (χ3n) is 3.78. The first-order chi connectivity index (χ1) is 6.67. The van der Waals surface area contributed by atoms with Gasteiger partial charge < -0.3 is 10.4 Å². The quantitative estimate of drug-likeness (QED) is 0.727. The highest BCUT2D eigenvalue weighted by Gasteiger charge is 2.25. The molecule has 2 N–H and O–H groups in total. The molecule has 0 aliphatic heterocycles. The molecule has 0 radical (unpaired) electrons. The third-order valence-corrected chi connectivity index (χ3v) is 3.78. The molecule has 0 heterocycles. The number of hydrogen-bond donors (Lipinski definition) is 2. The maximum absolute atomic E-state index is 9.11. The van der Waals surface area contributed by atoms with E-state index in [9.17, 15) is 0 Å². The molecule has 0 saturated heterocycles. The molecule has 0 aromatic carbocycles. The van der Waals surface area contributed by atoms with Gasteiger partial charge in [0.05, 0.1) is 6.61 Å². The van der Waals surface area contributed by atoms with Gasteiger partial charge in [0.15, 0.2) is 0 Å². The van der Waals surface area contributed by atoms with Crippen molar-refractivity contribution in [2.45, 2.75) is 58.5 Å². The second-order valence-electron chi connectivity index (χ2n) is 4.92. The smallest absolute Gasteiger partial charge is 0.0584 e. The van der Waals surface area contributed by atoms with Crippen molar-refractivity contribution < 1.29 is 5.11 Å². The Balaban J connectivity index is 2.32. The number of aliphatic hydroxyl groups excluding tert-OH is 1. The fraction of sp³-hybridized carbons (Fsp3) is 1.00. The zero-order valence-corrected chi connectivity index (χ0v) is 9.79. The third kappa shape index (κ3) is 3.25. The van der Waals surface area contributed by atoms with Gasteiger partial charge in [0.2, 0.25) is 0 Å². The van der Waals surface area contributed by atoms with Crippen molar-refractivity contribution in [3.8, 4) is 0 Å². The van der Waals surface area contributed by atoms with Crippen LogP contribution in [0.3, 0.4) is 0 Å². The lowest BCUT2D eigenvalue weighted by Gasteiger charge is -2.34. The summed E-state index contributed by atoms with van der Waals surface area (Å²) < 4.78 is 0. The van der Waals surface area contributed by atoms with Crippen LogP contribution in [-0.2, 0) is 0 Å². The predicted molar refractivity (Wildman–Crippen MR) is 60.3 cm³/mol. The van der Waals surface area contributed by atoms with Crippen molar-refractivity contribution in [2.24, 2.45) is 11.8 Å². The summed E-state index contributed by atoms with van der Waals surface area (Å²) in [4.78, 5) is 0.